The molecule has 3 aliphatic rings. The lowest BCUT2D eigenvalue weighted by molar-refractivity contribution is -0.134. The fraction of sp³-hybridized carbons (Fsp3) is 0.462. The first kappa shape index (κ1) is 22.5. The van der Waals surface area contributed by atoms with Gasteiger partial charge < -0.3 is 19.5 Å². The quantitative estimate of drug-likeness (QED) is 0.630. The predicted molar refractivity (Wildman–Crippen MR) is 126 cm³/mol. The smallest absolute Gasteiger partial charge is 0.325 e. The zero-order valence-corrected chi connectivity index (χ0v) is 19.7. The van der Waals surface area contributed by atoms with E-state index in [1.54, 1.807) is 7.11 Å². The molecule has 1 N–H and O–H groups in total. The van der Waals surface area contributed by atoms with Crippen molar-refractivity contribution in [3.63, 3.8) is 0 Å². The number of hydrogen-bond acceptors (Lipinski definition) is 6. The van der Waals surface area contributed by atoms with Gasteiger partial charge in [0.1, 0.15) is 11.3 Å². The first-order chi connectivity index (χ1) is 16.5. The number of amides is 3. The highest BCUT2D eigenvalue weighted by molar-refractivity contribution is 6.07. The van der Waals surface area contributed by atoms with Crippen LogP contribution in [-0.4, -0.2) is 54.3 Å². The van der Waals surface area contributed by atoms with Crippen LogP contribution in [0.4, 0.5) is 4.79 Å². The van der Waals surface area contributed by atoms with E-state index >= 15 is 0 Å². The monoisotopic (exact) mass is 465 g/mol. The first-order valence-corrected chi connectivity index (χ1v) is 11.9. The van der Waals surface area contributed by atoms with Crippen LogP contribution in [0.2, 0.25) is 0 Å². The van der Waals surface area contributed by atoms with Crippen LogP contribution < -0.4 is 19.5 Å². The van der Waals surface area contributed by atoms with Crippen LogP contribution >= 0.6 is 0 Å². The van der Waals surface area contributed by atoms with Crippen LogP contribution in [0.3, 0.4) is 0 Å². The van der Waals surface area contributed by atoms with Crippen LogP contribution in [0.1, 0.15) is 37.3 Å². The Kier molecular flexibility index (Phi) is 6.08. The molecular formula is C26H31N3O5. The number of nitrogens with zero attached hydrogens (tertiary/aromatic N) is 2. The van der Waals surface area contributed by atoms with Gasteiger partial charge in [0, 0.05) is 6.54 Å². The van der Waals surface area contributed by atoms with Crippen molar-refractivity contribution in [1.82, 2.24) is 15.1 Å². The molecule has 180 valence electrons. The number of ether oxygens (including phenoxy) is 3. The number of urea groups is 1. The lowest BCUT2D eigenvalue weighted by Crippen LogP contribution is -2.55. The lowest BCUT2D eigenvalue weighted by Gasteiger charge is -2.40. The number of likely N-dealkylation sites (tertiary alicyclic amines) is 1. The molecule has 3 amide bonds. The van der Waals surface area contributed by atoms with Gasteiger partial charge in [0.15, 0.2) is 11.5 Å². The Morgan fingerprint density at radius 1 is 1.00 bits per heavy atom. The molecular weight excluding hydrogens is 434 g/mol. The second-order valence-electron chi connectivity index (χ2n) is 9.23. The lowest BCUT2D eigenvalue weighted by atomic mass is 9.75. The van der Waals surface area contributed by atoms with Crippen molar-refractivity contribution in [2.24, 2.45) is 5.92 Å². The maximum absolute atomic E-state index is 13.6. The summed E-state index contributed by atoms with van der Waals surface area (Å²) in [5.41, 5.74) is 1.25. The number of nitrogens with one attached hydrogen (secondary N) is 1. The maximum Gasteiger partial charge on any atom is 0.325 e. The van der Waals surface area contributed by atoms with E-state index in [1.807, 2.05) is 37.3 Å². The molecule has 0 unspecified atom stereocenters. The Hall–Kier alpha value is -3.26. The van der Waals surface area contributed by atoms with Crippen molar-refractivity contribution in [3.8, 4) is 17.2 Å². The van der Waals surface area contributed by atoms with Crippen LogP contribution in [0, 0.1) is 5.92 Å². The van der Waals surface area contributed by atoms with Crippen molar-refractivity contribution < 1.29 is 23.8 Å². The highest BCUT2D eigenvalue weighted by Crippen LogP contribution is 2.38. The summed E-state index contributed by atoms with van der Waals surface area (Å²) in [5.74, 6) is 2.18. The summed E-state index contributed by atoms with van der Waals surface area (Å²) >= 11 is 0. The van der Waals surface area contributed by atoms with E-state index in [0.29, 0.717) is 17.9 Å². The fourth-order valence-corrected chi connectivity index (χ4v) is 5.39. The number of imide groups is 1. The van der Waals surface area contributed by atoms with Crippen LogP contribution in [0.15, 0.2) is 42.5 Å². The molecule has 0 spiro atoms. The fourth-order valence-electron chi connectivity index (χ4n) is 5.39. The Morgan fingerprint density at radius 3 is 2.41 bits per heavy atom. The van der Waals surface area contributed by atoms with Gasteiger partial charge in [-0.1, -0.05) is 25.1 Å². The summed E-state index contributed by atoms with van der Waals surface area (Å²) in [6, 6.07) is 13.4. The third-order valence-electron chi connectivity index (χ3n) is 7.39. The van der Waals surface area contributed by atoms with E-state index in [2.05, 4.69) is 22.3 Å². The highest BCUT2D eigenvalue weighted by Gasteiger charge is 2.54. The van der Waals surface area contributed by atoms with Gasteiger partial charge in [-0.2, -0.15) is 0 Å². The summed E-state index contributed by atoms with van der Waals surface area (Å²) in [7, 11) is 1.67. The molecule has 3 aliphatic heterocycles. The number of fused-ring (bicyclic) bond motifs is 1. The average Bonchev–Trinajstić information content (AvgIpc) is 3.43. The molecule has 2 fully saturated rings. The number of hydrogen-bond donors (Lipinski definition) is 1. The van der Waals surface area contributed by atoms with Gasteiger partial charge in [-0.3, -0.25) is 14.6 Å². The molecule has 8 nitrogen and oxygen atoms in total. The Morgan fingerprint density at radius 2 is 1.71 bits per heavy atom. The van der Waals surface area contributed by atoms with Crippen LogP contribution in [0.5, 0.6) is 17.2 Å². The molecule has 2 aromatic rings. The SMILES string of the molecule is CC[C@@]1(C2CCN(Cc3ccc(OC)cc3)CC2)NC(=O)N(Cc2ccc3c(c2)OCO3)C1=O. The van der Waals surface area contributed by atoms with Crippen molar-refractivity contribution in [1.29, 1.82) is 0 Å². The van der Waals surface area contributed by atoms with Gasteiger partial charge in [-0.15, -0.1) is 0 Å². The van der Waals surface area contributed by atoms with Crippen LogP contribution in [0.25, 0.3) is 0 Å². The number of carbonyl (C=O) groups is 2. The minimum absolute atomic E-state index is 0.114. The number of rotatable bonds is 7. The zero-order chi connectivity index (χ0) is 23.7. The largest absolute Gasteiger partial charge is 0.497 e. The summed E-state index contributed by atoms with van der Waals surface area (Å²) in [6.45, 7) is 5.06. The summed E-state index contributed by atoms with van der Waals surface area (Å²) in [5, 5.41) is 3.09. The second kappa shape index (κ2) is 9.18. The van der Waals surface area contributed by atoms with Gasteiger partial charge in [0.05, 0.1) is 13.7 Å². The Balaban J connectivity index is 1.23. The maximum atomic E-state index is 13.6. The Labute approximate surface area is 199 Å². The van der Waals surface area contributed by atoms with E-state index in [4.69, 9.17) is 14.2 Å². The number of methoxy groups -OCH3 is 1. The third-order valence-corrected chi connectivity index (χ3v) is 7.39. The second-order valence-corrected chi connectivity index (χ2v) is 9.23. The van der Waals surface area contributed by atoms with Crippen molar-refractivity contribution in [3.05, 3.63) is 53.6 Å². The third kappa shape index (κ3) is 4.07. The summed E-state index contributed by atoms with van der Waals surface area (Å²) < 4.78 is 16.0. The van der Waals surface area contributed by atoms with Crippen molar-refractivity contribution in [2.45, 2.75) is 44.8 Å². The summed E-state index contributed by atoms with van der Waals surface area (Å²) in [6.07, 6.45) is 2.32. The molecule has 1 atom stereocenters. The minimum Gasteiger partial charge on any atom is -0.497 e. The van der Waals surface area contributed by atoms with Crippen LogP contribution in [-0.2, 0) is 17.9 Å². The zero-order valence-electron chi connectivity index (χ0n) is 19.7. The van der Waals surface area contributed by atoms with Crippen molar-refractivity contribution >= 4 is 11.9 Å². The summed E-state index contributed by atoms with van der Waals surface area (Å²) in [4.78, 5) is 30.3. The highest BCUT2D eigenvalue weighted by atomic mass is 16.7. The van der Waals surface area contributed by atoms with Gasteiger partial charge >= 0.3 is 6.03 Å². The molecule has 2 aromatic carbocycles. The molecule has 0 aliphatic carbocycles. The number of piperidine rings is 1. The normalized spacial score (nSPS) is 22.8. The predicted octanol–water partition coefficient (Wildman–Crippen LogP) is 3.54. The molecule has 8 heteroatoms. The molecule has 0 bridgehead atoms. The number of carbonyl (C=O) groups excluding carboxylic acids is 2. The molecule has 2 saturated heterocycles. The molecule has 0 aromatic heterocycles. The Bertz CT molecular complexity index is 1060. The molecule has 3 heterocycles. The van der Waals surface area contributed by atoms with E-state index in [-0.39, 0.29) is 31.2 Å². The molecule has 0 radical (unpaired) electrons. The van der Waals surface area contributed by atoms with E-state index in [1.165, 1.54) is 10.5 Å². The first-order valence-electron chi connectivity index (χ1n) is 11.9. The van der Waals surface area contributed by atoms with Gasteiger partial charge in [0.2, 0.25) is 6.79 Å². The van der Waals surface area contributed by atoms with Gasteiger partial charge in [-0.05, 0) is 73.7 Å². The minimum atomic E-state index is -0.834. The van der Waals surface area contributed by atoms with Gasteiger partial charge in [0.25, 0.3) is 5.91 Å². The number of benzene rings is 2. The molecule has 5 rings (SSSR count). The van der Waals surface area contributed by atoms with Gasteiger partial charge in [-0.25, -0.2) is 4.79 Å². The van der Waals surface area contributed by atoms with Crippen molar-refractivity contribution in [2.75, 3.05) is 27.0 Å². The average molecular weight is 466 g/mol. The van der Waals surface area contributed by atoms with E-state index in [9.17, 15) is 9.59 Å². The van der Waals surface area contributed by atoms with E-state index in [0.717, 1.165) is 43.8 Å². The molecule has 0 saturated carbocycles. The van der Waals surface area contributed by atoms with E-state index < -0.39 is 5.54 Å². The standard InChI is InChI=1S/C26H31N3O5/c1-3-26(20-10-12-28(13-11-20)15-18-4-7-21(32-2)8-5-18)24(30)29(25(31)27-26)16-19-6-9-22-23(14-19)34-17-33-22/h4-9,14,20H,3,10-13,15-17H2,1-2H3,(H,27,31)/t26-/m0/s1. The topological polar surface area (TPSA) is 80.3 Å². The molecule has 34 heavy (non-hydrogen) atoms.